The Morgan fingerprint density at radius 2 is 2.15 bits per heavy atom. The highest BCUT2D eigenvalue weighted by Crippen LogP contribution is 2.30. The number of rotatable bonds is 9. The molecule has 2 aromatic rings. The van der Waals surface area contributed by atoms with Gasteiger partial charge < -0.3 is 15.4 Å². The number of amides is 1. The number of carbonyl (C=O) groups excluding carboxylic acids is 1. The molecular weight excluding hydrogens is 346 g/mol. The Balaban J connectivity index is 1.61. The van der Waals surface area contributed by atoms with E-state index in [1.165, 1.54) is 16.0 Å². The number of hydrogen-bond donors (Lipinski definition) is 2. The van der Waals surface area contributed by atoms with Crippen LogP contribution in [0.15, 0.2) is 41.8 Å². The van der Waals surface area contributed by atoms with Crippen LogP contribution in [0.3, 0.4) is 0 Å². The summed E-state index contributed by atoms with van der Waals surface area (Å²) in [6.07, 6.45) is 1.09. The van der Waals surface area contributed by atoms with E-state index in [2.05, 4.69) is 51.2 Å². The minimum atomic E-state index is 0.0234. The predicted molar refractivity (Wildman–Crippen MR) is 105 cm³/mol. The first-order valence-electron chi connectivity index (χ1n) is 9.08. The van der Waals surface area contributed by atoms with Gasteiger partial charge in [-0.3, -0.25) is 9.69 Å². The molecule has 1 aromatic heterocycles. The van der Waals surface area contributed by atoms with E-state index >= 15 is 0 Å². The second-order valence-electron chi connectivity index (χ2n) is 6.49. The van der Waals surface area contributed by atoms with Gasteiger partial charge in [-0.25, -0.2) is 0 Å². The fraction of sp³-hybridized carbons (Fsp3) is 0.450. The number of nitrogens with zero attached hydrogens (tertiary/aromatic N) is 1. The molecule has 1 amide bonds. The minimum Gasteiger partial charge on any atom is -0.383 e. The zero-order valence-electron chi connectivity index (χ0n) is 15.2. The van der Waals surface area contributed by atoms with E-state index in [9.17, 15) is 4.79 Å². The Kier molecular flexibility index (Phi) is 7.20. The lowest BCUT2D eigenvalue weighted by Gasteiger charge is -2.35. The normalized spacial score (nSPS) is 15.4. The first-order chi connectivity index (χ1) is 12.8. The molecule has 1 aliphatic rings. The van der Waals surface area contributed by atoms with Crippen molar-refractivity contribution in [2.75, 3.05) is 39.9 Å². The second kappa shape index (κ2) is 9.83. The Bertz CT molecular complexity index is 689. The van der Waals surface area contributed by atoms with Crippen molar-refractivity contribution >= 4 is 17.2 Å². The van der Waals surface area contributed by atoms with Gasteiger partial charge in [-0.2, -0.15) is 0 Å². The van der Waals surface area contributed by atoms with Gasteiger partial charge in [0.2, 0.25) is 5.91 Å². The van der Waals surface area contributed by atoms with Gasteiger partial charge in [-0.1, -0.05) is 30.3 Å². The molecular formula is C20H27N3O2S. The number of thiophene rings is 1. The number of methoxy groups -OCH3 is 1. The average Bonchev–Trinajstić information content (AvgIpc) is 3.14. The van der Waals surface area contributed by atoms with Gasteiger partial charge in [0.05, 0.1) is 19.2 Å². The topological polar surface area (TPSA) is 53.6 Å². The van der Waals surface area contributed by atoms with Crippen molar-refractivity contribution < 1.29 is 9.53 Å². The van der Waals surface area contributed by atoms with E-state index in [0.29, 0.717) is 26.2 Å². The molecule has 1 unspecified atom stereocenters. The van der Waals surface area contributed by atoms with Gasteiger partial charge in [0.1, 0.15) is 0 Å². The van der Waals surface area contributed by atoms with Crippen LogP contribution in [-0.4, -0.2) is 50.7 Å². The van der Waals surface area contributed by atoms with E-state index < -0.39 is 0 Å². The lowest BCUT2D eigenvalue weighted by Crippen LogP contribution is -2.42. The van der Waals surface area contributed by atoms with Crippen molar-refractivity contribution in [2.45, 2.75) is 19.0 Å². The summed E-state index contributed by atoms with van der Waals surface area (Å²) in [6.45, 7) is 4.19. The maximum Gasteiger partial charge on any atom is 0.234 e. The molecule has 0 spiro atoms. The fourth-order valence-electron chi connectivity index (χ4n) is 3.32. The third-order valence-corrected chi connectivity index (χ3v) is 5.75. The van der Waals surface area contributed by atoms with Crippen molar-refractivity contribution in [1.82, 2.24) is 15.5 Å². The molecule has 0 saturated carbocycles. The van der Waals surface area contributed by atoms with Gasteiger partial charge in [0.15, 0.2) is 0 Å². The summed E-state index contributed by atoms with van der Waals surface area (Å²) in [7, 11) is 1.66. The van der Waals surface area contributed by atoms with Crippen molar-refractivity contribution in [3.8, 4) is 0 Å². The second-order valence-corrected chi connectivity index (χ2v) is 7.49. The largest absolute Gasteiger partial charge is 0.383 e. The summed E-state index contributed by atoms with van der Waals surface area (Å²) in [6, 6.07) is 12.9. The standard InChI is InChI=1S/C20H27N3O2S/c1-25-11-9-21-14-20(24)22-13-18(16-5-3-2-4-6-16)23-10-7-19-17(15-23)8-12-26-19/h2-6,8,12,18,21H,7,9-11,13-15H2,1H3,(H,22,24). The molecule has 0 bridgehead atoms. The molecule has 2 N–H and O–H groups in total. The molecule has 140 valence electrons. The van der Waals surface area contributed by atoms with Gasteiger partial charge in [-0.05, 0) is 29.0 Å². The van der Waals surface area contributed by atoms with Crippen molar-refractivity contribution in [1.29, 1.82) is 0 Å². The smallest absolute Gasteiger partial charge is 0.234 e. The van der Waals surface area contributed by atoms with Crippen LogP contribution in [0.25, 0.3) is 0 Å². The highest BCUT2D eigenvalue weighted by molar-refractivity contribution is 7.10. The molecule has 0 saturated heterocycles. The van der Waals surface area contributed by atoms with Crippen molar-refractivity contribution in [2.24, 2.45) is 0 Å². The molecule has 26 heavy (non-hydrogen) atoms. The van der Waals surface area contributed by atoms with Gasteiger partial charge in [0, 0.05) is 38.2 Å². The van der Waals surface area contributed by atoms with Crippen LogP contribution in [0, 0.1) is 0 Å². The molecule has 1 atom stereocenters. The van der Waals surface area contributed by atoms with Crippen LogP contribution in [-0.2, 0) is 22.5 Å². The lowest BCUT2D eigenvalue weighted by atomic mass is 10.0. The molecule has 0 radical (unpaired) electrons. The van der Waals surface area contributed by atoms with E-state index in [-0.39, 0.29) is 11.9 Å². The highest BCUT2D eigenvalue weighted by atomic mass is 32.1. The van der Waals surface area contributed by atoms with Crippen LogP contribution in [0.5, 0.6) is 0 Å². The lowest BCUT2D eigenvalue weighted by molar-refractivity contribution is -0.120. The zero-order valence-corrected chi connectivity index (χ0v) is 16.1. The molecule has 1 aliphatic heterocycles. The Labute approximate surface area is 159 Å². The third kappa shape index (κ3) is 5.14. The summed E-state index contributed by atoms with van der Waals surface area (Å²) < 4.78 is 4.98. The molecule has 0 fully saturated rings. The zero-order chi connectivity index (χ0) is 18.2. The van der Waals surface area contributed by atoms with Gasteiger partial charge in [-0.15, -0.1) is 11.3 Å². The molecule has 5 nitrogen and oxygen atoms in total. The third-order valence-electron chi connectivity index (χ3n) is 4.72. The Hall–Kier alpha value is -1.73. The summed E-state index contributed by atoms with van der Waals surface area (Å²) in [5.41, 5.74) is 2.67. The van der Waals surface area contributed by atoms with E-state index in [1.54, 1.807) is 7.11 Å². The molecule has 1 aromatic carbocycles. The number of ether oxygens (including phenoxy) is 1. The van der Waals surface area contributed by atoms with E-state index in [4.69, 9.17) is 4.74 Å². The Morgan fingerprint density at radius 1 is 1.31 bits per heavy atom. The molecule has 2 heterocycles. The average molecular weight is 374 g/mol. The number of nitrogens with one attached hydrogen (secondary N) is 2. The molecule has 6 heteroatoms. The Morgan fingerprint density at radius 3 is 2.96 bits per heavy atom. The number of benzene rings is 1. The predicted octanol–water partition coefficient (Wildman–Crippen LogP) is 2.20. The van der Waals surface area contributed by atoms with Crippen molar-refractivity contribution in [3.05, 3.63) is 57.8 Å². The minimum absolute atomic E-state index is 0.0234. The van der Waals surface area contributed by atoms with Gasteiger partial charge in [0.25, 0.3) is 0 Å². The van der Waals surface area contributed by atoms with Crippen LogP contribution in [0.4, 0.5) is 0 Å². The maximum atomic E-state index is 12.2. The number of hydrogen-bond acceptors (Lipinski definition) is 5. The van der Waals surface area contributed by atoms with Gasteiger partial charge >= 0.3 is 0 Å². The number of carbonyl (C=O) groups is 1. The molecule has 3 rings (SSSR count). The maximum absolute atomic E-state index is 12.2. The quantitative estimate of drug-likeness (QED) is 0.662. The summed E-state index contributed by atoms with van der Waals surface area (Å²) in [5.74, 6) is 0.0234. The van der Waals surface area contributed by atoms with Crippen LogP contribution < -0.4 is 10.6 Å². The summed E-state index contributed by atoms with van der Waals surface area (Å²) in [5, 5.41) is 8.36. The highest BCUT2D eigenvalue weighted by Gasteiger charge is 2.25. The van der Waals surface area contributed by atoms with Crippen LogP contribution in [0.2, 0.25) is 0 Å². The SMILES string of the molecule is COCCNCC(=O)NCC(c1ccccc1)N1CCc2sccc2C1. The van der Waals surface area contributed by atoms with E-state index in [0.717, 1.165) is 19.5 Å². The molecule has 0 aliphatic carbocycles. The summed E-state index contributed by atoms with van der Waals surface area (Å²) in [4.78, 5) is 16.1. The first-order valence-corrected chi connectivity index (χ1v) is 9.96. The van der Waals surface area contributed by atoms with E-state index in [1.807, 2.05) is 17.4 Å². The summed E-state index contributed by atoms with van der Waals surface area (Å²) >= 11 is 1.85. The fourth-order valence-corrected chi connectivity index (χ4v) is 4.21. The monoisotopic (exact) mass is 373 g/mol. The van der Waals surface area contributed by atoms with Crippen LogP contribution in [0.1, 0.15) is 22.0 Å². The van der Waals surface area contributed by atoms with Crippen molar-refractivity contribution in [3.63, 3.8) is 0 Å². The first kappa shape index (κ1) is 19.0. The van der Waals surface area contributed by atoms with Crippen LogP contribution >= 0.6 is 11.3 Å². The number of fused-ring (bicyclic) bond motifs is 1.